The SMILES string of the molecule is Cc1ncc(NC(=O)CN2CCOC[C@H]2C)cc1NC(=O)c1cnn2cc(-c3cnn(C)c3)sc12. The molecular weight excluding hydrogens is 468 g/mol. The fourth-order valence-electron chi connectivity index (χ4n) is 3.92. The Morgan fingerprint density at radius 1 is 1.20 bits per heavy atom. The second-order valence-corrected chi connectivity index (χ2v) is 9.59. The van der Waals surface area contributed by atoms with E-state index in [1.807, 2.05) is 26.4 Å². The Morgan fingerprint density at radius 3 is 2.83 bits per heavy atom. The summed E-state index contributed by atoms with van der Waals surface area (Å²) >= 11 is 1.47. The molecule has 1 fully saturated rings. The Bertz CT molecular complexity index is 1390. The van der Waals surface area contributed by atoms with E-state index in [0.717, 1.165) is 15.3 Å². The van der Waals surface area contributed by atoms with Gasteiger partial charge in [-0.25, -0.2) is 4.52 Å². The van der Waals surface area contributed by atoms with E-state index in [-0.39, 0.29) is 24.4 Å². The summed E-state index contributed by atoms with van der Waals surface area (Å²) in [5.41, 5.74) is 3.11. The number of aromatic nitrogens is 5. The van der Waals surface area contributed by atoms with Crippen LogP contribution in [0.3, 0.4) is 0 Å². The van der Waals surface area contributed by atoms with Crippen molar-refractivity contribution in [1.82, 2.24) is 29.3 Å². The summed E-state index contributed by atoms with van der Waals surface area (Å²) in [7, 11) is 1.86. The second-order valence-electron chi connectivity index (χ2n) is 8.56. The Kier molecular flexibility index (Phi) is 6.32. The molecule has 1 aliphatic heterocycles. The number of thiazole rings is 1. The summed E-state index contributed by atoms with van der Waals surface area (Å²) in [6.45, 7) is 6.06. The number of rotatable bonds is 6. The molecule has 11 nitrogen and oxygen atoms in total. The molecule has 1 saturated heterocycles. The van der Waals surface area contributed by atoms with Gasteiger partial charge < -0.3 is 15.4 Å². The number of hydrogen-bond donors (Lipinski definition) is 2. The van der Waals surface area contributed by atoms with Crippen LogP contribution in [-0.2, 0) is 16.6 Å². The van der Waals surface area contributed by atoms with Gasteiger partial charge in [-0.2, -0.15) is 10.2 Å². The number of fused-ring (bicyclic) bond motifs is 1. The van der Waals surface area contributed by atoms with Crippen molar-refractivity contribution < 1.29 is 14.3 Å². The van der Waals surface area contributed by atoms with Gasteiger partial charge in [0.25, 0.3) is 5.91 Å². The minimum atomic E-state index is -0.296. The van der Waals surface area contributed by atoms with Gasteiger partial charge in [0.1, 0.15) is 4.83 Å². The molecule has 4 aromatic heterocycles. The number of aryl methyl sites for hydroxylation is 2. The van der Waals surface area contributed by atoms with Crippen LogP contribution in [0.25, 0.3) is 15.3 Å². The molecule has 35 heavy (non-hydrogen) atoms. The van der Waals surface area contributed by atoms with E-state index >= 15 is 0 Å². The van der Waals surface area contributed by atoms with Gasteiger partial charge in [0.2, 0.25) is 5.91 Å². The van der Waals surface area contributed by atoms with Gasteiger partial charge in [0.05, 0.1) is 65.9 Å². The highest BCUT2D eigenvalue weighted by molar-refractivity contribution is 7.21. The monoisotopic (exact) mass is 494 g/mol. The number of nitrogens with one attached hydrogen (secondary N) is 2. The maximum Gasteiger partial charge on any atom is 0.260 e. The van der Waals surface area contributed by atoms with Crippen LogP contribution in [0.5, 0.6) is 0 Å². The van der Waals surface area contributed by atoms with Crippen molar-refractivity contribution in [2.75, 3.05) is 36.9 Å². The third kappa shape index (κ3) is 4.94. The highest BCUT2D eigenvalue weighted by Crippen LogP contribution is 2.30. The summed E-state index contributed by atoms with van der Waals surface area (Å²) < 4.78 is 8.85. The maximum absolute atomic E-state index is 13.1. The van der Waals surface area contributed by atoms with Gasteiger partial charge in [0.15, 0.2) is 0 Å². The average molecular weight is 495 g/mol. The molecule has 5 rings (SSSR count). The predicted molar refractivity (Wildman–Crippen MR) is 133 cm³/mol. The molecule has 1 atom stereocenters. The van der Waals surface area contributed by atoms with Crippen molar-refractivity contribution in [1.29, 1.82) is 0 Å². The van der Waals surface area contributed by atoms with Crippen LogP contribution in [0.1, 0.15) is 23.0 Å². The fourth-order valence-corrected chi connectivity index (χ4v) is 4.96. The number of ether oxygens (including phenoxy) is 1. The number of morpholine rings is 1. The first-order chi connectivity index (χ1) is 16.9. The number of nitrogens with zero attached hydrogens (tertiary/aromatic N) is 6. The lowest BCUT2D eigenvalue weighted by Crippen LogP contribution is -2.47. The fraction of sp³-hybridized carbons (Fsp3) is 0.348. The lowest BCUT2D eigenvalue weighted by molar-refractivity contribution is -0.119. The van der Waals surface area contributed by atoms with E-state index in [2.05, 4.69) is 30.7 Å². The molecular formula is C23H26N8O3S. The van der Waals surface area contributed by atoms with E-state index in [1.165, 1.54) is 11.3 Å². The highest BCUT2D eigenvalue weighted by atomic mass is 32.1. The van der Waals surface area contributed by atoms with Crippen LogP contribution in [0.15, 0.2) is 37.1 Å². The molecule has 0 saturated carbocycles. The van der Waals surface area contributed by atoms with E-state index in [9.17, 15) is 9.59 Å². The summed E-state index contributed by atoms with van der Waals surface area (Å²) in [5, 5.41) is 14.3. The minimum Gasteiger partial charge on any atom is -0.379 e. The smallest absolute Gasteiger partial charge is 0.260 e. The number of pyridine rings is 1. The van der Waals surface area contributed by atoms with Crippen LogP contribution in [0.4, 0.5) is 11.4 Å². The summed E-state index contributed by atoms with van der Waals surface area (Å²) in [5.74, 6) is -0.434. The molecule has 0 spiro atoms. The van der Waals surface area contributed by atoms with Crippen LogP contribution < -0.4 is 10.6 Å². The number of amides is 2. The lowest BCUT2D eigenvalue weighted by Gasteiger charge is -2.32. The normalized spacial score (nSPS) is 16.5. The molecule has 2 amide bonds. The quantitative estimate of drug-likeness (QED) is 0.423. The molecule has 12 heteroatoms. The zero-order chi connectivity index (χ0) is 24.5. The largest absolute Gasteiger partial charge is 0.379 e. The Labute approximate surface area is 205 Å². The predicted octanol–water partition coefficient (Wildman–Crippen LogP) is 2.41. The molecule has 2 N–H and O–H groups in total. The van der Waals surface area contributed by atoms with Crippen molar-refractivity contribution in [3.05, 3.63) is 48.3 Å². The second kappa shape index (κ2) is 9.56. The van der Waals surface area contributed by atoms with Crippen LogP contribution in [0.2, 0.25) is 0 Å². The zero-order valence-electron chi connectivity index (χ0n) is 19.7. The number of hydrogen-bond acceptors (Lipinski definition) is 8. The first-order valence-electron chi connectivity index (χ1n) is 11.2. The van der Waals surface area contributed by atoms with Crippen LogP contribution >= 0.6 is 11.3 Å². The van der Waals surface area contributed by atoms with Gasteiger partial charge in [-0.3, -0.25) is 24.2 Å². The molecule has 0 unspecified atom stereocenters. The number of anilines is 2. The van der Waals surface area contributed by atoms with Gasteiger partial charge in [-0.1, -0.05) is 0 Å². The Morgan fingerprint density at radius 2 is 2.06 bits per heavy atom. The summed E-state index contributed by atoms with van der Waals surface area (Å²) in [6, 6.07) is 1.90. The molecule has 1 aliphatic rings. The standard InChI is InChI=1S/C23H26N8O3S/c1-14-13-34-5-4-30(14)12-21(32)27-17-6-19(15(2)24-8-17)28-22(33)18-9-26-31-11-20(35-23(18)31)16-7-25-29(3)10-16/h6-11,14H,4-5,12-13H2,1-3H3,(H,27,32)(H,28,33)/t14-/m1/s1. The third-order valence-electron chi connectivity index (χ3n) is 5.90. The van der Waals surface area contributed by atoms with Crippen molar-refractivity contribution in [2.24, 2.45) is 7.05 Å². The summed E-state index contributed by atoms with van der Waals surface area (Å²) in [4.78, 5) is 33.8. The molecule has 0 aromatic carbocycles. The molecule has 0 aliphatic carbocycles. The van der Waals surface area contributed by atoms with Crippen molar-refractivity contribution in [2.45, 2.75) is 19.9 Å². The molecule has 0 radical (unpaired) electrons. The summed E-state index contributed by atoms with van der Waals surface area (Å²) in [6.07, 6.45) is 8.71. The van der Waals surface area contributed by atoms with E-state index < -0.39 is 0 Å². The first-order valence-corrected chi connectivity index (χ1v) is 12.0. The molecule has 4 aromatic rings. The van der Waals surface area contributed by atoms with Gasteiger partial charge >= 0.3 is 0 Å². The maximum atomic E-state index is 13.1. The number of carbonyl (C=O) groups is 2. The Balaban J connectivity index is 1.29. The molecule has 182 valence electrons. The van der Waals surface area contributed by atoms with E-state index in [1.54, 1.807) is 40.8 Å². The van der Waals surface area contributed by atoms with E-state index in [0.29, 0.717) is 42.4 Å². The van der Waals surface area contributed by atoms with Crippen LogP contribution in [0, 0.1) is 6.92 Å². The van der Waals surface area contributed by atoms with Crippen molar-refractivity contribution in [3.63, 3.8) is 0 Å². The van der Waals surface area contributed by atoms with Crippen molar-refractivity contribution >= 4 is 39.4 Å². The van der Waals surface area contributed by atoms with Gasteiger partial charge in [0, 0.05) is 37.6 Å². The van der Waals surface area contributed by atoms with Gasteiger partial charge in [-0.15, -0.1) is 11.3 Å². The lowest BCUT2D eigenvalue weighted by atomic mass is 10.2. The topological polar surface area (TPSA) is 119 Å². The molecule has 0 bridgehead atoms. The zero-order valence-corrected chi connectivity index (χ0v) is 20.5. The van der Waals surface area contributed by atoms with Gasteiger partial charge in [-0.05, 0) is 19.9 Å². The first kappa shape index (κ1) is 23.1. The number of carbonyl (C=O) groups excluding carboxylic acids is 2. The minimum absolute atomic E-state index is 0.137. The third-order valence-corrected chi connectivity index (χ3v) is 7.06. The van der Waals surface area contributed by atoms with E-state index in [4.69, 9.17) is 4.74 Å². The van der Waals surface area contributed by atoms with Crippen LogP contribution in [-0.4, -0.2) is 73.4 Å². The molecule has 5 heterocycles. The Hall–Kier alpha value is -3.61. The van der Waals surface area contributed by atoms with Crippen molar-refractivity contribution in [3.8, 4) is 10.4 Å². The highest BCUT2D eigenvalue weighted by Gasteiger charge is 2.22. The average Bonchev–Trinajstić information content (AvgIpc) is 3.53.